The van der Waals surface area contributed by atoms with Crippen LogP contribution < -0.4 is 0 Å². The molecule has 0 aliphatic heterocycles. The number of allylic oxidation sites excluding steroid dienone is 20. The van der Waals surface area contributed by atoms with E-state index in [0.29, 0.717) is 32.1 Å². The molecule has 102 heavy (non-hydrogen) atoms. The molecular weight excluding hydrogens is 1330 g/mol. The number of rotatable bonds is 74. The summed E-state index contributed by atoms with van der Waals surface area (Å²) in [5.41, 5.74) is 0. The fourth-order valence-electron chi connectivity index (χ4n) is 10.3. The highest BCUT2D eigenvalue weighted by molar-refractivity contribution is 7.47. The lowest BCUT2D eigenvalue weighted by atomic mass is 10.1. The van der Waals surface area contributed by atoms with Gasteiger partial charge in [0.15, 0.2) is 12.2 Å². The summed E-state index contributed by atoms with van der Waals surface area (Å²) in [5, 5.41) is 10.6. The fraction of sp³-hybridized carbons (Fsp3) is 0.711. The van der Waals surface area contributed by atoms with Crippen molar-refractivity contribution in [3.05, 3.63) is 122 Å². The smallest absolute Gasteiger partial charge is 0.462 e. The molecule has 3 N–H and O–H groups in total. The summed E-state index contributed by atoms with van der Waals surface area (Å²) in [5.74, 6) is -2.29. The minimum absolute atomic E-state index is 0.0632. The maximum atomic E-state index is 13.1. The molecule has 2 unspecified atom stereocenters. The molecule has 0 saturated heterocycles. The van der Waals surface area contributed by atoms with Gasteiger partial charge < -0.3 is 33.8 Å². The molecule has 0 spiro atoms. The Hall–Kier alpha value is -4.54. The summed E-state index contributed by atoms with van der Waals surface area (Å²) in [4.78, 5) is 73.0. The highest BCUT2D eigenvalue weighted by Crippen LogP contribution is 2.45. The van der Waals surface area contributed by atoms with E-state index in [1.165, 1.54) is 89.9 Å². The number of carbonyl (C=O) groups excluding carboxylic acids is 4. The number of ether oxygens (including phenoxy) is 4. The lowest BCUT2D eigenvalue weighted by Crippen LogP contribution is -2.30. The quantitative estimate of drug-likeness (QED) is 0.0128. The highest BCUT2D eigenvalue weighted by atomic mass is 31.2. The van der Waals surface area contributed by atoms with Gasteiger partial charge in [-0.3, -0.25) is 37.3 Å². The van der Waals surface area contributed by atoms with E-state index in [9.17, 15) is 43.2 Å². The van der Waals surface area contributed by atoms with Gasteiger partial charge in [-0.05, 0) is 148 Å². The summed E-state index contributed by atoms with van der Waals surface area (Å²) in [6.45, 7) is 4.68. The maximum absolute atomic E-state index is 13.1. The number of phosphoric acid groups is 2. The van der Waals surface area contributed by atoms with E-state index in [1.807, 2.05) is 12.2 Å². The highest BCUT2D eigenvalue weighted by Gasteiger charge is 2.30. The van der Waals surface area contributed by atoms with Crippen LogP contribution in [0.2, 0.25) is 0 Å². The van der Waals surface area contributed by atoms with Crippen LogP contribution in [0.5, 0.6) is 0 Å². The van der Waals surface area contributed by atoms with Crippen LogP contribution in [0.15, 0.2) is 122 Å². The third-order valence-corrected chi connectivity index (χ3v) is 18.3. The topological polar surface area (TPSA) is 237 Å². The molecule has 0 fully saturated rings. The zero-order chi connectivity index (χ0) is 74.6. The zero-order valence-corrected chi connectivity index (χ0v) is 65.8. The van der Waals surface area contributed by atoms with Crippen molar-refractivity contribution in [1.82, 2.24) is 0 Å². The third-order valence-electron chi connectivity index (χ3n) is 16.4. The molecule has 17 nitrogen and oxygen atoms in total. The standard InChI is InChI=1S/C83H142O17P2/c1-5-9-13-17-21-25-29-33-37-38-42-44-48-52-56-60-64-68-81(86)94-74-79(100-83(88)70-66-62-58-54-50-46-41-36-32-28-24-20-16-12-8-4)76-98-102(91,92)96-72-77(84)71-95-101(89,90)97-75-78(99-82(87)69-65-61-57-53-49-45-40-35-31-27-23-19-15-11-7-3)73-93-80(85)67-63-59-55-51-47-43-39-34-30-26-22-18-14-10-6-2/h21-22,25-28,31-37,39-42,44,52,56,77-79,84H,5-20,23-24,29-30,38,43,45-51,53-55,57-76H2,1-4H3,(H,89,90)(H,91,92)/b25-21-,26-22-,31-27-,32-28-,37-33-,39-34-,40-35-,41-36-,44-42-,56-52-/t77-,78+,79+/m0/s1. The molecule has 0 aliphatic carbocycles. The Morgan fingerprint density at radius 3 is 0.853 bits per heavy atom. The van der Waals surface area contributed by atoms with E-state index in [2.05, 4.69) is 137 Å². The first-order chi connectivity index (χ1) is 49.7. The molecule has 0 bridgehead atoms. The van der Waals surface area contributed by atoms with E-state index >= 15 is 0 Å². The summed E-state index contributed by atoms with van der Waals surface area (Å²) >= 11 is 0. The normalized spacial score (nSPS) is 14.5. The van der Waals surface area contributed by atoms with Gasteiger partial charge in [-0.2, -0.15) is 0 Å². The van der Waals surface area contributed by atoms with Crippen molar-refractivity contribution >= 4 is 39.5 Å². The zero-order valence-electron chi connectivity index (χ0n) is 64.0. The third kappa shape index (κ3) is 73.8. The number of hydrogen-bond donors (Lipinski definition) is 3. The minimum atomic E-state index is -5.00. The number of esters is 4. The Morgan fingerprint density at radius 2 is 0.520 bits per heavy atom. The van der Waals surface area contributed by atoms with Gasteiger partial charge in [0.25, 0.3) is 0 Å². The summed E-state index contributed by atoms with van der Waals surface area (Å²) in [6.07, 6.45) is 81.8. The van der Waals surface area contributed by atoms with Crippen LogP contribution in [0.3, 0.4) is 0 Å². The lowest BCUT2D eigenvalue weighted by molar-refractivity contribution is -0.161. The average molecular weight is 1470 g/mol. The predicted octanol–water partition coefficient (Wildman–Crippen LogP) is 23.1. The van der Waals surface area contributed by atoms with Crippen molar-refractivity contribution in [3.63, 3.8) is 0 Å². The van der Waals surface area contributed by atoms with Crippen molar-refractivity contribution in [3.8, 4) is 0 Å². The second-order valence-electron chi connectivity index (χ2n) is 26.3. The van der Waals surface area contributed by atoms with Crippen LogP contribution in [0.1, 0.15) is 323 Å². The largest absolute Gasteiger partial charge is 0.472 e. The summed E-state index contributed by atoms with van der Waals surface area (Å²) in [7, 11) is -9.99. The Bertz CT molecular complexity index is 2410. The Morgan fingerprint density at radius 1 is 0.284 bits per heavy atom. The number of unbranched alkanes of at least 4 members (excludes halogenated alkanes) is 30. The molecule has 586 valence electrons. The molecule has 0 aromatic carbocycles. The van der Waals surface area contributed by atoms with Gasteiger partial charge >= 0.3 is 39.5 Å². The Kier molecular flexibility index (Phi) is 71.4. The van der Waals surface area contributed by atoms with Crippen LogP contribution in [0, 0.1) is 0 Å². The van der Waals surface area contributed by atoms with E-state index < -0.39 is 97.5 Å². The molecule has 0 rings (SSSR count). The van der Waals surface area contributed by atoms with E-state index in [4.69, 9.17) is 37.0 Å². The van der Waals surface area contributed by atoms with Gasteiger partial charge in [0.2, 0.25) is 0 Å². The van der Waals surface area contributed by atoms with Crippen LogP contribution in [0.25, 0.3) is 0 Å². The molecule has 0 aromatic heterocycles. The first kappa shape index (κ1) is 97.5. The second-order valence-corrected chi connectivity index (χ2v) is 29.3. The molecule has 0 saturated carbocycles. The molecule has 5 atom stereocenters. The number of hydrogen-bond acceptors (Lipinski definition) is 15. The number of phosphoric ester groups is 2. The van der Waals surface area contributed by atoms with Crippen LogP contribution >= 0.6 is 15.6 Å². The van der Waals surface area contributed by atoms with Crippen LogP contribution in [-0.4, -0.2) is 96.7 Å². The van der Waals surface area contributed by atoms with Gasteiger partial charge in [0.05, 0.1) is 26.4 Å². The summed E-state index contributed by atoms with van der Waals surface area (Å²) < 4.78 is 68.5. The van der Waals surface area contributed by atoms with Gasteiger partial charge in [-0.25, -0.2) is 9.13 Å². The maximum Gasteiger partial charge on any atom is 0.472 e. The van der Waals surface area contributed by atoms with E-state index in [1.54, 1.807) is 0 Å². The average Bonchev–Trinajstić information content (AvgIpc) is 0.923. The van der Waals surface area contributed by atoms with Gasteiger partial charge in [-0.1, -0.05) is 271 Å². The molecule has 0 radical (unpaired) electrons. The first-order valence-electron chi connectivity index (χ1n) is 39.8. The Balaban J connectivity index is 5.45. The van der Waals surface area contributed by atoms with Crippen molar-refractivity contribution in [2.75, 3.05) is 39.6 Å². The predicted molar refractivity (Wildman–Crippen MR) is 418 cm³/mol. The minimum Gasteiger partial charge on any atom is -0.462 e. The van der Waals surface area contributed by atoms with E-state index in [0.717, 1.165) is 148 Å². The molecule has 0 aromatic rings. The van der Waals surface area contributed by atoms with Crippen molar-refractivity contribution in [1.29, 1.82) is 0 Å². The molecule has 19 heteroatoms. The molecule has 0 aliphatic rings. The number of aliphatic hydroxyl groups is 1. The lowest BCUT2D eigenvalue weighted by Gasteiger charge is -2.21. The van der Waals surface area contributed by atoms with Gasteiger partial charge in [0.1, 0.15) is 19.3 Å². The number of aliphatic hydroxyl groups excluding tert-OH is 1. The van der Waals surface area contributed by atoms with Gasteiger partial charge in [-0.15, -0.1) is 0 Å². The fourth-order valence-corrected chi connectivity index (χ4v) is 11.9. The first-order valence-corrected chi connectivity index (χ1v) is 42.8. The molecule has 0 heterocycles. The monoisotopic (exact) mass is 1470 g/mol. The van der Waals surface area contributed by atoms with Gasteiger partial charge in [0, 0.05) is 25.7 Å². The van der Waals surface area contributed by atoms with E-state index in [-0.39, 0.29) is 25.7 Å². The Labute approximate surface area is 619 Å². The second kappa shape index (κ2) is 74.7. The molecule has 0 amide bonds. The molecular formula is C83H142O17P2. The van der Waals surface area contributed by atoms with Crippen LogP contribution in [-0.2, 0) is 65.4 Å². The van der Waals surface area contributed by atoms with Crippen LogP contribution in [0.4, 0.5) is 0 Å². The summed E-state index contributed by atoms with van der Waals surface area (Å²) in [6, 6.07) is 0. The SMILES string of the molecule is CCCCC/C=C\C/C=C\C/C=C\C/C=C\CCCC(=O)OC[C@H](COP(=O)(O)OC[C@@H](O)COP(=O)(O)OC[C@@H](COC(=O)CCCCCCC/C=C\C/C=C\CCCCC)OC(=O)CCCCCCC/C=C\C=C/CCCCCC)OC(=O)CCCCCCC/C=C\C=C/CCCCCC. The van der Waals surface area contributed by atoms with Crippen molar-refractivity contribution in [2.45, 2.75) is 341 Å². The number of carbonyl (C=O) groups is 4. The van der Waals surface area contributed by atoms with Crippen molar-refractivity contribution in [2.24, 2.45) is 0 Å². The van der Waals surface area contributed by atoms with Crippen molar-refractivity contribution < 1.29 is 80.2 Å².